The van der Waals surface area contributed by atoms with Crippen LogP contribution in [0.2, 0.25) is 5.02 Å². The van der Waals surface area contributed by atoms with Crippen molar-refractivity contribution >= 4 is 33.5 Å². The molecule has 0 fully saturated rings. The summed E-state index contributed by atoms with van der Waals surface area (Å²) >= 11 is 6.58. The number of hydrogen-bond donors (Lipinski definition) is 1. The number of fused-ring (bicyclic) bond motifs is 2. The summed E-state index contributed by atoms with van der Waals surface area (Å²) < 4.78 is 0. The minimum atomic E-state index is -0.140. The first-order valence-electron chi connectivity index (χ1n) is 9.81. The number of aromatic nitrogens is 3. The summed E-state index contributed by atoms with van der Waals surface area (Å²) in [6.07, 6.45) is 2.49. The maximum absolute atomic E-state index is 12.1. The van der Waals surface area contributed by atoms with E-state index in [9.17, 15) is 4.79 Å². The van der Waals surface area contributed by atoms with E-state index >= 15 is 0 Å². The van der Waals surface area contributed by atoms with Gasteiger partial charge in [0.2, 0.25) is 5.56 Å². The maximum Gasteiger partial charge on any atom is 0.249 e. The van der Waals surface area contributed by atoms with Gasteiger partial charge in [-0.25, -0.2) is 4.98 Å². The highest BCUT2D eigenvalue weighted by Crippen LogP contribution is 2.36. The molecule has 5 rings (SSSR count). The first-order chi connectivity index (χ1) is 14.6. The molecule has 146 valence electrons. The van der Waals surface area contributed by atoms with Crippen LogP contribution in [0, 0.1) is 0 Å². The molecule has 4 nitrogen and oxygen atoms in total. The summed E-state index contributed by atoms with van der Waals surface area (Å²) in [6.45, 7) is 2.04. The lowest BCUT2D eigenvalue weighted by Gasteiger charge is -2.14. The van der Waals surface area contributed by atoms with E-state index in [4.69, 9.17) is 16.6 Å². The van der Waals surface area contributed by atoms with Crippen molar-refractivity contribution in [1.29, 1.82) is 0 Å². The number of pyridine rings is 3. The second-order valence-electron chi connectivity index (χ2n) is 7.19. The lowest BCUT2D eigenvalue weighted by molar-refractivity contribution is 1.12. The molecule has 1 N–H and O–H groups in total. The first-order valence-corrected chi connectivity index (χ1v) is 10.2. The number of aryl methyl sites for hydroxylation is 1. The van der Waals surface area contributed by atoms with Crippen LogP contribution in [0.25, 0.3) is 44.3 Å². The fraction of sp³-hybridized carbons (Fsp3) is 0.0800. The zero-order valence-electron chi connectivity index (χ0n) is 16.3. The molecule has 0 radical (unpaired) electrons. The fourth-order valence-electron chi connectivity index (χ4n) is 3.87. The Balaban J connectivity index is 1.88. The van der Waals surface area contributed by atoms with Crippen molar-refractivity contribution in [2.24, 2.45) is 0 Å². The highest BCUT2D eigenvalue weighted by Gasteiger charge is 2.15. The van der Waals surface area contributed by atoms with Crippen LogP contribution in [-0.2, 0) is 6.42 Å². The van der Waals surface area contributed by atoms with Crippen LogP contribution in [0.5, 0.6) is 0 Å². The number of benzene rings is 2. The van der Waals surface area contributed by atoms with Crippen LogP contribution < -0.4 is 5.56 Å². The fourth-order valence-corrected chi connectivity index (χ4v) is 4.15. The van der Waals surface area contributed by atoms with Crippen molar-refractivity contribution in [3.63, 3.8) is 0 Å². The molecule has 5 aromatic rings. The number of hydrogen-bond acceptors (Lipinski definition) is 3. The third kappa shape index (κ3) is 3.15. The quantitative estimate of drug-likeness (QED) is 0.395. The van der Waals surface area contributed by atoms with Gasteiger partial charge in [-0.1, -0.05) is 54.9 Å². The van der Waals surface area contributed by atoms with Crippen LogP contribution >= 0.6 is 11.6 Å². The standard InChI is InChI=1S/C25H18ClN3O/c1-2-15-13-22(30)28-25-20(15)14-19(23(29-25)16-7-4-3-5-8-16)18-11-17-9-6-10-27-24(17)21(26)12-18/h3-14H,2H2,1H3,(H,28,29,30). The van der Waals surface area contributed by atoms with Gasteiger partial charge in [0.15, 0.2) is 0 Å². The van der Waals surface area contributed by atoms with E-state index in [0.29, 0.717) is 10.7 Å². The lowest BCUT2D eigenvalue weighted by Crippen LogP contribution is -2.08. The molecule has 0 amide bonds. The number of halogens is 1. The van der Waals surface area contributed by atoms with Crippen LogP contribution in [0.4, 0.5) is 0 Å². The number of nitrogens with one attached hydrogen (secondary N) is 1. The van der Waals surface area contributed by atoms with Gasteiger partial charge in [0, 0.05) is 34.2 Å². The van der Waals surface area contributed by atoms with Gasteiger partial charge >= 0.3 is 0 Å². The van der Waals surface area contributed by atoms with Gasteiger partial charge in [0.05, 0.1) is 16.2 Å². The maximum atomic E-state index is 12.1. The SMILES string of the molecule is CCc1cc(=O)[nH]c2nc(-c3ccccc3)c(-c3cc(Cl)c4ncccc4c3)cc12. The lowest BCUT2D eigenvalue weighted by atomic mass is 9.95. The summed E-state index contributed by atoms with van der Waals surface area (Å²) in [7, 11) is 0. The van der Waals surface area contributed by atoms with Crippen LogP contribution in [-0.4, -0.2) is 15.0 Å². The Morgan fingerprint density at radius 3 is 2.60 bits per heavy atom. The second kappa shape index (κ2) is 7.39. The van der Waals surface area contributed by atoms with Gasteiger partial charge < -0.3 is 4.98 Å². The van der Waals surface area contributed by atoms with Crippen LogP contribution in [0.15, 0.2) is 77.7 Å². The molecule has 3 heterocycles. The Labute approximate surface area is 178 Å². The summed E-state index contributed by atoms with van der Waals surface area (Å²) in [5.74, 6) is 0. The van der Waals surface area contributed by atoms with E-state index in [-0.39, 0.29) is 5.56 Å². The van der Waals surface area contributed by atoms with Crippen LogP contribution in [0.3, 0.4) is 0 Å². The Morgan fingerprint density at radius 2 is 1.80 bits per heavy atom. The molecule has 0 aliphatic carbocycles. The molecule has 0 spiro atoms. The van der Waals surface area contributed by atoms with E-state index < -0.39 is 0 Å². The summed E-state index contributed by atoms with van der Waals surface area (Å²) in [5.41, 5.74) is 5.89. The normalized spacial score (nSPS) is 11.3. The predicted octanol–water partition coefficient (Wildman–Crippen LogP) is 6.02. The molecule has 0 aliphatic heterocycles. The topological polar surface area (TPSA) is 58.6 Å². The largest absolute Gasteiger partial charge is 0.307 e. The van der Waals surface area contributed by atoms with Crippen molar-refractivity contribution in [2.75, 3.05) is 0 Å². The van der Waals surface area contributed by atoms with E-state index in [1.807, 2.05) is 55.5 Å². The Hall–Kier alpha value is -3.50. The van der Waals surface area contributed by atoms with E-state index in [0.717, 1.165) is 50.7 Å². The van der Waals surface area contributed by atoms with Crippen LogP contribution in [0.1, 0.15) is 12.5 Å². The van der Waals surface area contributed by atoms with Gasteiger partial charge in [0.25, 0.3) is 0 Å². The number of rotatable bonds is 3. The molecule has 2 aromatic carbocycles. The summed E-state index contributed by atoms with van der Waals surface area (Å²) in [4.78, 5) is 24.3. The third-order valence-electron chi connectivity index (χ3n) is 5.31. The minimum Gasteiger partial charge on any atom is -0.307 e. The molecule has 0 atom stereocenters. The molecule has 0 saturated carbocycles. The Bertz CT molecular complexity index is 1460. The van der Waals surface area contributed by atoms with Gasteiger partial charge in [-0.15, -0.1) is 0 Å². The monoisotopic (exact) mass is 411 g/mol. The van der Waals surface area contributed by atoms with Crippen molar-refractivity contribution in [3.8, 4) is 22.4 Å². The number of nitrogens with zero attached hydrogens (tertiary/aromatic N) is 2. The number of H-pyrrole nitrogens is 1. The zero-order valence-corrected chi connectivity index (χ0v) is 17.1. The average molecular weight is 412 g/mol. The highest BCUT2D eigenvalue weighted by atomic mass is 35.5. The van der Waals surface area contributed by atoms with Gasteiger partial charge in [-0.2, -0.15) is 0 Å². The predicted molar refractivity (Wildman–Crippen MR) is 123 cm³/mol. The van der Waals surface area contributed by atoms with E-state index in [1.54, 1.807) is 12.3 Å². The van der Waals surface area contributed by atoms with Gasteiger partial charge in [0.1, 0.15) is 5.65 Å². The minimum absolute atomic E-state index is 0.140. The Morgan fingerprint density at radius 1 is 0.967 bits per heavy atom. The molecular weight excluding hydrogens is 394 g/mol. The van der Waals surface area contributed by atoms with Crippen molar-refractivity contribution in [2.45, 2.75) is 13.3 Å². The molecular formula is C25H18ClN3O. The summed E-state index contributed by atoms with van der Waals surface area (Å²) in [6, 6.07) is 21.6. The van der Waals surface area contributed by atoms with E-state index in [2.05, 4.69) is 22.1 Å². The third-order valence-corrected chi connectivity index (χ3v) is 5.60. The van der Waals surface area contributed by atoms with Crippen molar-refractivity contribution < 1.29 is 0 Å². The first kappa shape index (κ1) is 18.5. The molecule has 3 aromatic heterocycles. The molecule has 0 aliphatic rings. The smallest absolute Gasteiger partial charge is 0.249 e. The second-order valence-corrected chi connectivity index (χ2v) is 7.60. The number of aromatic amines is 1. The van der Waals surface area contributed by atoms with Gasteiger partial charge in [-0.05, 0) is 41.8 Å². The molecule has 30 heavy (non-hydrogen) atoms. The highest BCUT2D eigenvalue weighted by molar-refractivity contribution is 6.35. The Kier molecular flexibility index (Phi) is 4.57. The van der Waals surface area contributed by atoms with Gasteiger partial charge in [-0.3, -0.25) is 9.78 Å². The van der Waals surface area contributed by atoms with Crippen molar-refractivity contribution in [3.05, 3.63) is 93.9 Å². The molecule has 0 bridgehead atoms. The average Bonchev–Trinajstić information content (AvgIpc) is 2.78. The zero-order chi connectivity index (χ0) is 20.7. The summed E-state index contributed by atoms with van der Waals surface area (Å²) in [5, 5.41) is 2.50. The molecule has 0 unspecified atom stereocenters. The molecule has 5 heteroatoms. The molecule has 0 saturated heterocycles. The van der Waals surface area contributed by atoms with E-state index in [1.165, 1.54) is 0 Å². The van der Waals surface area contributed by atoms with Crippen molar-refractivity contribution in [1.82, 2.24) is 15.0 Å².